The molecule has 0 saturated carbocycles. The molecule has 150 valence electrons. The lowest BCUT2D eigenvalue weighted by Crippen LogP contribution is -2.38. The fourth-order valence-corrected chi connectivity index (χ4v) is 5.28. The Kier molecular flexibility index (Phi) is 4.51. The number of fused-ring (bicyclic) bond motifs is 2. The second kappa shape index (κ2) is 7.22. The predicted octanol–water partition coefficient (Wildman–Crippen LogP) is 4.30. The van der Waals surface area contributed by atoms with Crippen molar-refractivity contribution in [1.82, 2.24) is 9.80 Å². The molecule has 2 aliphatic heterocycles. The Morgan fingerprint density at radius 1 is 1.03 bits per heavy atom. The van der Waals surface area contributed by atoms with Gasteiger partial charge in [0, 0.05) is 17.0 Å². The van der Waals surface area contributed by atoms with Gasteiger partial charge in [0.05, 0.1) is 23.7 Å². The maximum absolute atomic E-state index is 13.2. The van der Waals surface area contributed by atoms with Crippen molar-refractivity contribution >= 4 is 29.1 Å². The molecule has 0 aliphatic carbocycles. The number of carbonyl (C=O) groups is 3. The fraction of sp³-hybridized carbons (Fsp3) is 0.208. The van der Waals surface area contributed by atoms with E-state index in [0.717, 1.165) is 12.0 Å². The molecule has 5 nitrogen and oxygen atoms in total. The van der Waals surface area contributed by atoms with Crippen molar-refractivity contribution < 1.29 is 14.4 Å². The number of hydrogen-bond acceptors (Lipinski definition) is 4. The summed E-state index contributed by atoms with van der Waals surface area (Å²) in [5, 5.41) is 2.08. The van der Waals surface area contributed by atoms with Crippen LogP contribution in [0.3, 0.4) is 0 Å². The molecule has 5 rings (SSSR count). The monoisotopic (exact) mass is 416 g/mol. The van der Waals surface area contributed by atoms with Crippen LogP contribution < -0.4 is 0 Å². The van der Waals surface area contributed by atoms with Crippen molar-refractivity contribution in [2.24, 2.45) is 0 Å². The minimum atomic E-state index is -0.290. The largest absolute Gasteiger partial charge is 0.331 e. The first-order chi connectivity index (χ1) is 14.5. The molecule has 1 aromatic heterocycles. The SMILES string of the molecule is C[C@@H]1c2ccsc2CCN1C(=O)c1cccc(CN2C(=O)c3ccccc3C2=O)c1. The third kappa shape index (κ3) is 2.95. The number of imide groups is 1. The van der Waals surface area contributed by atoms with Crippen LogP contribution in [-0.4, -0.2) is 34.1 Å². The highest BCUT2D eigenvalue weighted by Gasteiger charge is 2.35. The van der Waals surface area contributed by atoms with Crippen LogP contribution in [0.4, 0.5) is 0 Å². The Morgan fingerprint density at radius 2 is 1.77 bits per heavy atom. The van der Waals surface area contributed by atoms with Crippen molar-refractivity contribution in [2.45, 2.75) is 25.9 Å². The quantitative estimate of drug-likeness (QED) is 0.598. The zero-order valence-electron chi connectivity index (χ0n) is 16.5. The summed E-state index contributed by atoms with van der Waals surface area (Å²) < 4.78 is 0. The van der Waals surface area contributed by atoms with Gasteiger partial charge >= 0.3 is 0 Å². The summed E-state index contributed by atoms with van der Waals surface area (Å²) in [7, 11) is 0. The van der Waals surface area contributed by atoms with E-state index in [2.05, 4.69) is 18.4 Å². The van der Waals surface area contributed by atoms with Gasteiger partial charge < -0.3 is 4.90 Å². The molecule has 6 heteroatoms. The van der Waals surface area contributed by atoms with E-state index >= 15 is 0 Å². The number of carbonyl (C=O) groups excluding carboxylic acids is 3. The second-order valence-electron chi connectivity index (χ2n) is 7.67. The standard InChI is InChI=1S/C24H20N2O3S/c1-15-18-10-12-30-21(18)9-11-25(15)22(27)17-6-4-5-16(13-17)14-26-23(28)19-7-2-3-8-20(19)24(26)29/h2-8,10,12-13,15H,9,11,14H2,1H3/t15-/m1/s1. The predicted molar refractivity (Wildman–Crippen MR) is 115 cm³/mol. The molecular formula is C24H20N2O3S. The Morgan fingerprint density at radius 3 is 2.50 bits per heavy atom. The number of thiophene rings is 1. The molecular weight excluding hydrogens is 396 g/mol. The summed E-state index contributed by atoms with van der Waals surface area (Å²) in [5.74, 6) is -0.604. The van der Waals surface area contributed by atoms with Gasteiger partial charge in [-0.05, 0) is 60.2 Å². The summed E-state index contributed by atoms with van der Waals surface area (Å²) in [6, 6.07) is 16.2. The molecule has 0 bridgehead atoms. The lowest BCUT2D eigenvalue weighted by Gasteiger charge is -2.33. The summed E-state index contributed by atoms with van der Waals surface area (Å²) in [6.07, 6.45) is 0.873. The van der Waals surface area contributed by atoms with E-state index in [4.69, 9.17) is 0 Å². The number of hydrogen-bond donors (Lipinski definition) is 0. The smallest absolute Gasteiger partial charge is 0.261 e. The first-order valence-electron chi connectivity index (χ1n) is 9.96. The lowest BCUT2D eigenvalue weighted by molar-refractivity contribution is 0.0641. The zero-order chi connectivity index (χ0) is 20.8. The third-order valence-corrected chi connectivity index (χ3v) is 6.93. The molecule has 0 N–H and O–H groups in total. The van der Waals surface area contributed by atoms with Gasteiger partial charge in [-0.1, -0.05) is 24.3 Å². The maximum atomic E-state index is 13.2. The van der Waals surface area contributed by atoms with Crippen LogP contribution in [0, 0.1) is 0 Å². The zero-order valence-corrected chi connectivity index (χ0v) is 17.3. The maximum Gasteiger partial charge on any atom is 0.261 e. The van der Waals surface area contributed by atoms with Crippen molar-refractivity contribution in [2.75, 3.05) is 6.54 Å². The number of rotatable bonds is 3. The third-order valence-electron chi connectivity index (χ3n) is 5.93. The molecule has 0 unspecified atom stereocenters. The van der Waals surface area contributed by atoms with E-state index in [1.165, 1.54) is 15.3 Å². The molecule has 30 heavy (non-hydrogen) atoms. The highest BCUT2D eigenvalue weighted by molar-refractivity contribution is 7.10. The minimum Gasteiger partial charge on any atom is -0.331 e. The van der Waals surface area contributed by atoms with Crippen LogP contribution in [0.15, 0.2) is 60.0 Å². The van der Waals surface area contributed by atoms with Crippen molar-refractivity contribution in [3.8, 4) is 0 Å². The van der Waals surface area contributed by atoms with Gasteiger partial charge in [0.2, 0.25) is 0 Å². The average Bonchev–Trinajstić information content (AvgIpc) is 3.34. The normalized spacial score (nSPS) is 17.8. The first-order valence-corrected chi connectivity index (χ1v) is 10.8. The van der Waals surface area contributed by atoms with Crippen molar-refractivity contribution in [3.63, 3.8) is 0 Å². The molecule has 0 fully saturated rings. The number of nitrogens with zero attached hydrogens (tertiary/aromatic N) is 2. The summed E-state index contributed by atoms with van der Waals surface area (Å²) in [5.41, 5.74) is 3.43. The van der Waals surface area contributed by atoms with E-state index in [-0.39, 0.29) is 30.3 Å². The fourth-order valence-electron chi connectivity index (χ4n) is 4.32. The van der Waals surface area contributed by atoms with E-state index in [9.17, 15) is 14.4 Å². The summed E-state index contributed by atoms with van der Waals surface area (Å²) >= 11 is 1.75. The Labute approximate surface area is 178 Å². The van der Waals surface area contributed by atoms with E-state index < -0.39 is 0 Å². The number of benzene rings is 2. The molecule has 3 amide bonds. The van der Waals surface area contributed by atoms with Gasteiger partial charge in [0.1, 0.15) is 0 Å². The molecule has 2 aliphatic rings. The minimum absolute atomic E-state index is 0.0245. The van der Waals surface area contributed by atoms with Crippen LogP contribution in [0.2, 0.25) is 0 Å². The molecule has 0 spiro atoms. The molecule has 3 aromatic rings. The van der Waals surface area contributed by atoms with Crippen LogP contribution in [0.1, 0.15) is 60.0 Å². The Bertz CT molecular complexity index is 1150. The Hall–Kier alpha value is -3.25. The van der Waals surface area contributed by atoms with Gasteiger partial charge in [0.15, 0.2) is 0 Å². The van der Waals surface area contributed by atoms with Crippen molar-refractivity contribution in [1.29, 1.82) is 0 Å². The molecule has 2 aromatic carbocycles. The topological polar surface area (TPSA) is 57.7 Å². The lowest BCUT2D eigenvalue weighted by atomic mass is 10.00. The first kappa shape index (κ1) is 18.8. The van der Waals surface area contributed by atoms with Gasteiger partial charge in [0.25, 0.3) is 17.7 Å². The van der Waals surface area contributed by atoms with Gasteiger partial charge in [-0.15, -0.1) is 11.3 Å². The van der Waals surface area contributed by atoms with E-state index in [1.54, 1.807) is 47.7 Å². The van der Waals surface area contributed by atoms with E-state index in [1.807, 2.05) is 17.0 Å². The van der Waals surface area contributed by atoms with Gasteiger partial charge in [-0.3, -0.25) is 19.3 Å². The van der Waals surface area contributed by atoms with Gasteiger partial charge in [-0.25, -0.2) is 0 Å². The van der Waals surface area contributed by atoms with E-state index in [0.29, 0.717) is 23.2 Å². The summed E-state index contributed by atoms with van der Waals surface area (Å²) in [4.78, 5) is 43.0. The van der Waals surface area contributed by atoms with Crippen LogP contribution in [-0.2, 0) is 13.0 Å². The van der Waals surface area contributed by atoms with Crippen molar-refractivity contribution in [3.05, 3.63) is 92.7 Å². The highest BCUT2D eigenvalue weighted by atomic mass is 32.1. The van der Waals surface area contributed by atoms with Gasteiger partial charge in [-0.2, -0.15) is 0 Å². The molecule has 0 saturated heterocycles. The van der Waals surface area contributed by atoms with Crippen LogP contribution in [0.5, 0.6) is 0 Å². The second-order valence-corrected chi connectivity index (χ2v) is 8.67. The molecule has 1 atom stereocenters. The number of amides is 3. The average molecular weight is 417 g/mol. The summed E-state index contributed by atoms with van der Waals surface area (Å²) in [6.45, 7) is 2.90. The van der Waals surface area contributed by atoms with Crippen LogP contribution in [0.25, 0.3) is 0 Å². The molecule has 3 heterocycles. The van der Waals surface area contributed by atoms with Crippen LogP contribution >= 0.6 is 11.3 Å². The Balaban J connectivity index is 1.37. The molecule has 0 radical (unpaired) electrons. The highest BCUT2D eigenvalue weighted by Crippen LogP contribution is 2.34.